The minimum atomic E-state index is -0.153. The number of hydrogen-bond donors (Lipinski definition) is 2. The van der Waals surface area contributed by atoms with Crippen molar-refractivity contribution in [3.8, 4) is 5.75 Å². The molecule has 1 rings (SSSR count). The molecule has 0 saturated heterocycles. The van der Waals surface area contributed by atoms with Crippen LogP contribution in [-0.4, -0.2) is 31.6 Å². The fourth-order valence-corrected chi connectivity index (χ4v) is 1.63. The fraction of sp³-hybridized carbons (Fsp3) is 0.462. The van der Waals surface area contributed by atoms with Gasteiger partial charge in [-0.2, -0.15) is 0 Å². The summed E-state index contributed by atoms with van der Waals surface area (Å²) in [5.74, 6) is 0.369. The monoisotopic (exact) mass is 306 g/mol. The summed E-state index contributed by atoms with van der Waals surface area (Å²) in [6, 6.07) is 7.33. The summed E-state index contributed by atoms with van der Waals surface area (Å²) in [6.45, 7) is 5.48. The molecule has 0 aliphatic heterocycles. The number of benzene rings is 1. The maximum absolute atomic E-state index is 11.5. The van der Waals surface area contributed by atoms with Gasteiger partial charge in [0.1, 0.15) is 5.75 Å². The summed E-state index contributed by atoms with van der Waals surface area (Å²) < 4.78 is 5.33. The van der Waals surface area contributed by atoms with Gasteiger partial charge >= 0.3 is 0 Å². The van der Waals surface area contributed by atoms with Crippen molar-refractivity contribution in [2.75, 3.05) is 19.7 Å². The third-order valence-electron chi connectivity index (χ3n) is 2.35. The van der Waals surface area contributed by atoms with Crippen LogP contribution < -0.4 is 15.4 Å². The average Bonchev–Trinajstić information content (AvgIpc) is 2.36. The van der Waals surface area contributed by atoms with E-state index in [4.69, 9.17) is 16.3 Å². The molecular formula is C13H20Cl2N2O2. The zero-order valence-corrected chi connectivity index (χ0v) is 12.7. The third-order valence-corrected chi connectivity index (χ3v) is 2.67. The Labute approximate surface area is 125 Å². The molecule has 1 aromatic carbocycles. The lowest BCUT2D eigenvalue weighted by Gasteiger charge is -2.13. The SMILES string of the molecule is CCN[C@H](C)CNC(=O)COc1ccccc1Cl.Cl. The molecule has 1 aromatic rings. The first-order valence-electron chi connectivity index (χ1n) is 6.01. The summed E-state index contributed by atoms with van der Waals surface area (Å²) in [5.41, 5.74) is 0. The number of rotatable bonds is 7. The summed E-state index contributed by atoms with van der Waals surface area (Å²) >= 11 is 5.91. The second-order valence-electron chi connectivity index (χ2n) is 3.98. The first kappa shape index (κ1) is 18.0. The Kier molecular flexibility index (Phi) is 9.39. The van der Waals surface area contributed by atoms with Gasteiger partial charge in [-0.1, -0.05) is 30.7 Å². The largest absolute Gasteiger partial charge is 0.482 e. The molecule has 0 radical (unpaired) electrons. The Hall–Kier alpha value is -0.970. The first-order chi connectivity index (χ1) is 8.63. The highest BCUT2D eigenvalue weighted by Gasteiger charge is 2.06. The smallest absolute Gasteiger partial charge is 0.257 e. The molecule has 0 bridgehead atoms. The van der Waals surface area contributed by atoms with Gasteiger partial charge < -0.3 is 15.4 Å². The van der Waals surface area contributed by atoms with E-state index in [0.29, 0.717) is 17.3 Å². The van der Waals surface area contributed by atoms with E-state index >= 15 is 0 Å². The summed E-state index contributed by atoms with van der Waals surface area (Å²) in [7, 11) is 0. The van der Waals surface area contributed by atoms with E-state index in [2.05, 4.69) is 10.6 Å². The summed E-state index contributed by atoms with van der Waals surface area (Å²) in [5, 5.41) is 6.50. The number of halogens is 2. The van der Waals surface area contributed by atoms with Crippen LogP contribution in [0, 0.1) is 0 Å². The lowest BCUT2D eigenvalue weighted by molar-refractivity contribution is -0.123. The first-order valence-corrected chi connectivity index (χ1v) is 6.38. The average molecular weight is 307 g/mol. The molecule has 108 valence electrons. The van der Waals surface area contributed by atoms with E-state index in [1.165, 1.54) is 0 Å². The highest BCUT2D eigenvalue weighted by molar-refractivity contribution is 6.32. The molecule has 0 aliphatic rings. The van der Waals surface area contributed by atoms with Crippen molar-refractivity contribution in [3.63, 3.8) is 0 Å². The van der Waals surface area contributed by atoms with Gasteiger partial charge in [-0.05, 0) is 25.6 Å². The van der Waals surface area contributed by atoms with Crippen molar-refractivity contribution in [1.82, 2.24) is 10.6 Å². The van der Waals surface area contributed by atoms with Crippen LogP contribution in [0.3, 0.4) is 0 Å². The van der Waals surface area contributed by atoms with Crippen molar-refractivity contribution in [1.29, 1.82) is 0 Å². The van der Waals surface area contributed by atoms with Gasteiger partial charge in [-0.25, -0.2) is 0 Å². The summed E-state index contributed by atoms with van der Waals surface area (Å²) in [6.07, 6.45) is 0. The van der Waals surface area contributed by atoms with Crippen LogP contribution >= 0.6 is 24.0 Å². The number of carbonyl (C=O) groups is 1. The van der Waals surface area contributed by atoms with E-state index in [1.54, 1.807) is 12.1 Å². The van der Waals surface area contributed by atoms with Gasteiger partial charge in [-0.15, -0.1) is 12.4 Å². The van der Waals surface area contributed by atoms with Gasteiger partial charge in [0, 0.05) is 12.6 Å². The van der Waals surface area contributed by atoms with Crippen molar-refractivity contribution >= 4 is 29.9 Å². The quantitative estimate of drug-likeness (QED) is 0.812. The molecular weight excluding hydrogens is 287 g/mol. The van der Waals surface area contributed by atoms with Gasteiger partial charge in [0.15, 0.2) is 6.61 Å². The fourth-order valence-electron chi connectivity index (χ4n) is 1.44. The number of amides is 1. The lowest BCUT2D eigenvalue weighted by Crippen LogP contribution is -2.40. The Morgan fingerprint density at radius 2 is 2.11 bits per heavy atom. The van der Waals surface area contributed by atoms with Crippen LogP contribution in [0.4, 0.5) is 0 Å². The van der Waals surface area contributed by atoms with Gasteiger partial charge in [0.2, 0.25) is 0 Å². The predicted octanol–water partition coefficient (Wildman–Crippen LogP) is 2.25. The molecule has 0 fully saturated rings. The maximum Gasteiger partial charge on any atom is 0.257 e. The minimum absolute atomic E-state index is 0. The molecule has 4 nitrogen and oxygen atoms in total. The van der Waals surface area contributed by atoms with Crippen LogP contribution in [0.2, 0.25) is 5.02 Å². The standard InChI is InChI=1S/C13H19ClN2O2.ClH/c1-3-15-10(2)8-16-13(17)9-18-12-7-5-4-6-11(12)14;/h4-7,10,15H,3,8-9H2,1-2H3,(H,16,17);1H/t10-;/m1./s1. The van der Waals surface area contributed by atoms with E-state index < -0.39 is 0 Å². The Morgan fingerprint density at radius 1 is 1.42 bits per heavy atom. The van der Waals surface area contributed by atoms with Crippen LogP contribution in [0.5, 0.6) is 5.75 Å². The van der Waals surface area contributed by atoms with E-state index in [9.17, 15) is 4.79 Å². The summed E-state index contributed by atoms with van der Waals surface area (Å²) in [4.78, 5) is 11.5. The normalized spacial score (nSPS) is 11.3. The molecule has 0 aromatic heterocycles. The topological polar surface area (TPSA) is 50.4 Å². The highest BCUT2D eigenvalue weighted by Crippen LogP contribution is 2.22. The number of carbonyl (C=O) groups excluding carboxylic acids is 1. The van der Waals surface area contributed by atoms with Gasteiger partial charge in [-0.3, -0.25) is 4.79 Å². The number of ether oxygens (including phenoxy) is 1. The van der Waals surface area contributed by atoms with E-state index in [1.807, 2.05) is 26.0 Å². The second kappa shape index (κ2) is 9.89. The van der Waals surface area contributed by atoms with Crippen LogP contribution in [0.1, 0.15) is 13.8 Å². The van der Waals surface area contributed by atoms with Crippen molar-refractivity contribution < 1.29 is 9.53 Å². The molecule has 1 amide bonds. The van der Waals surface area contributed by atoms with E-state index in [0.717, 1.165) is 6.54 Å². The zero-order chi connectivity index (χ0) is 13.4. The Balaban J connectivity index is 0.00000324. The highest BCUT2D eigenvalue weighted by atomic mass is 35.5. The van der Waals surface area contributed by atoms with Crippen LogP contribution in [0.25, 0.3) is 0 Å². The predicted molar refractivity (Wildman–Crippen MR) is 80.3 cm³/mol. The lowest BCUT2D eigenvalue weighted by atomic mass is 10.3. The number of likely N-dealkylation sites (N-methyl/N-ethyl adjacent to an activating group) is 1. The molecule has 2 N–H and O–H groups in total. The number of hydrogen-bond acceptors (Lipinski definition) is 3. The van der Waals surface area contributed by atoms with Crippen molar-refractivity contribution in [3.05, 3.63) is 29.3 Å². The molecule has 0 spiro atoms. The molecule has 19 heavy (non-hydrogen) atoms. The van der Waals surface area contributed by atoms with Crippen LogP contribution in [-0.2, 0) is 4.79 Å². The van der Waals surface area contributed by atoms with Gasteiger partial charge in [0.05, 0.1) is 5.02 Å². The Bertz CT molecular complexity index is 389. The molecule has 0 aliphatic carbocycles. The van der Waals surface area contributed by atoms with Gasteiger partial charge in [0.25, 0.3) is 5.91 Å². The van der Waals surface area contributed by atoms with Crippen molar-refractivity contribution in [2.24, 2.45) is 0 Å². The zero-order valence-electron chi connectivity index (χ0n) is 11.1. The van der Waals surface area contributed by atoms with Crippen molar-refractivity contribution in [2.45, 2.75) is 19.9 Å². The molecule has 0 unspecified atom stereocenters. The number of nitrogens with one attached hydrogen (secondary N) is 2. The number of para-hydroxylation sites is 1. The second-order valence-corrected chi connectivity index (χ2v) is 4.39. The maximum atomic E-state index is 11.5. The minimum Gasteiger partial charge on any atom is -0.482 e. The third kappa shape index (κ3) is 7.25. The molecule has 0 heterocycles. The molecule has 0 saturated carbocycles. The van der Waals surface area contributed by atoms with E-state index in [-0.39, 0.29) is 31.0 Å². The molecule has 1 atom stereocenters. The Morgan fingerprint density at radius 3 is 2.74 bits per heavy atom. The van der Waals surface area contributed by atoms with Crippen LogP contribution in [0.15, 0.2) is 24.3 Å². The molecule has 6 heteroatoms.